The fourth-order valence-corrected chi connectivity index (χ4v) is 16.9. The van der Waals surface area contributed by atoms with Crippen LogP contribution < -0.4 is 0 Å². The molecule has 0 spiro atoms. The van der Waals surface area contributed by atoms with Gasteiger partial charge in [0, 0.05) is 68.0 Å². The quantitative estimate of drug-likeness (QED) is 0.0869. The highest BCUT2D eigenvalue weighted by Crippen LogP contribution is 2.70. The van der Waals surface area contributed by atoms with Crippen molar-refractivity contribution in [1.29, 1.82) is 0 Å². The molecule has 3 aromatic rings. The van der Waals surface area contributed by atoms with E-state index < -0.39 is 45.3 Å². The Morgan fingerprint density at radius 2 is 0.670 bits per heavy atom. The molecule has 12 heteroatoms. The minimum absolute atomic E-state index is 0.126. The average Bonchev–Trinajstić information content (AvgIpc) is 1.61. The summed E-state index contributed by atoms with van der Waals surface area (Å²) in [5, 5.41) is 0. The minimum Gasteiger partial charge on any atom is -0.465 e. The maximum absolute atomic E-state index is 15.1. The number of nitrogens with zero attached hydrogens (tertiary/aromatic N) is 2. The number of esters is 4. The van der Waals surface area contributed by atoms with Crippen molar-refractivity contribution < 1.29 is 38.1 Å². The molecule has 4 aliphatic carbocycles. The number of aromatic nitrogens is 4. The number of rotatable bonds is 8. The van der Waals surface area contributed by atoms with Crippen molar-refractivity contribution in [3.8, 4) is 0 Å². The van der Waals surface area contributed by atoms with Crippen LogP contribution in [0.15, 0.2) is 24.3 Å². The van der Waals surface area contributed by atoms with Crippen LogP contribution in [0.25, 0.3) is 46.4 Å². The average molecular weight is 1200 g/mol. The molecule has 2 unspecified atom stereocenters. The van der Waals surface area contributed by atoms with E-state index in [1.54, 1.807) is 0 Å². The third kappa shape index (κ3) is 13.2. The Kier molecular flexibility index (Phi) is 19.5. The van der Waals surface area contributed by atoms with E-state index in [1.165, 1.54) is 12.8 Å². The lowest BCUT2D eigenvalue weighted by molar-refractivity contribution is -0.153. The number of carbonyl (C=O) groups is 4. The molecule has 12 nitrogen and oxygen atoms in total. The number of aromatic amines is 2. The van der Waals surface area contributed by atoms with E-state index in [9.17, 15) is 9.59 Å². The zero-order chi connectivity index (χ0) is 62.1. The second-order valence-electron chi connectivity index (χ2n) is 30.4. The standard InChI is InChI=1S/C76H106N4O8/c1-11-13-27-33-47-35-29-23-19-15-17-21-25-31-45-85-69(81)65-61(73(65,3)4)57-49-37-38-50(77-49)58-52-40-42-54(79-52)60(56-44-43-55(80-56)59(53-41-39-51(57)78-53)63-67(71(83)87-47)75(63,7)8)64-68(76(64,9)10)72(84)88-48(34-28-14-12-2)36-30-24-20-16-18-22-26-32-46-86-70(82)66-62(58)74(66,5)6/h37-44,47-48,61-68,78,80H,11-36,45-46H2,1-10H3/t47?,48?,61-,62-,63-,64-,65-,66-,67-,68-/m0/s1. The number of cyclic esters (lactones) is 4. The van der Waals surface area contributed by atoms with Gasteiger partial charge in [-0.15, -0.1) is 0 Å². The largest absolute Gasteiger partial charge is 0.465 e. The number of fused-ring (bicyclic) bond motifs is 16. The van der Waals surface area contributed by atoms with Crippen molar-refractivity contribution in [2.45, 2.75) is 272 Å². The van der Waals surface area contributed by atoms with Gasteiger partial charge in [0.15, 0.2) is 0 Å². The summed E-state index contributed by atoms with van der Waals surface area (Å²) < 4.78 is 25.9. The Balaban J connectivity index is 1.12. The van der Waals surface area contributed by atoms with Crippen LogP contribution in [0.3, 0.4) is 0 Å². The third-order valence-corrected chi connectivity index (χ3v) is 22.6. The van der Waals surface area contributed by atoms with Gasteiger partial charge >= 0.3 is 23.9 Å². The number of carbonyl (C=O) groups excluding carboxylic acids is 4. The molecule has 3 aromatic heterocycles. The first-order valence-electron chi connectivity index (χ1n) is 35.2. The monoisotopic (exact) mass is 1200 g/mol. The van der Waals surface area contributed by atoms with Crippen molar-refractivity contribution in [1.82, 2.24) is 19.9 Å². The fourth-order valence-electron chi connectivity index (χ4n) is 16.9. The van der Waals surface area contributed by atoms with Crippen LogP contribution in [-0.4, -0.2) is 69.2 Å². The summed E-state index contributed by atoms with van der Waals surface area (Å²) in [6.07, 6.45) is 35.3. The van der Waals surface area contributed by atoms with E-state index in [2.05, 4.69) is 128 Å². The molecular weight excluding hydrogens is 1100 g/mol. The van der Waals surface area contributed by atoms with Crippen LogP contribution in [0.2, 0.25) is 0 Å². The summed E-state index contributed by atoms with van der Waals surface area (Å²) >= 11 is 0. The highest BCUT2D eigenvalue weighted by Gasteiger charge is 2.68. The summed E-state index contributed by atoms with van der Waals surface area (Å²) in [5.41, 5.74) is 8.33. The normalized spacial score (nSPS) is 29.9. The predicted molar refractivity (Wildman–Crippen MR) is 352 cm³/mol. The van der Waals surface area contributed by atoms with E-state index in [4.69, 9.17) is 28.9 Å². The number of unbranched alkanes of at least 4 members (excludes halogenated alkanes) is 4. The molecule has 7 heterocycles. The van der Waals surface area contributed by atoms with Gasteiger partial charge in [-0.25, -0.2) is 9.97 Å². The van der Waals surface area contributed by atoms with Crippen molar-refractivity contribution in [3.05, 3.63) is 69.3 Å². The van der Waals surface area contributed by atoms with Gasteiger partial charge in [-0.2, -0.15) is 0 Å². The van der Waals surface area contributed by atoms with Gasteiger partial charge in [0.25, 0.3) is 0 Å². The van der Waals surface area contributed by atoms with Crippen molar-refractivity contribution >= 4 is 70.2 Å². The summed E-state index contributed by atoms with van der Waals surface area (Å²) in [6.45, 7) is 22.7. The van der Waals surface area contributed by atoms with E-state index in [0.29, 0.717) is 13.2 Å². The topological polar surface area (TPSA) is 163 Å². The number of H-pyrrole nitrogens is 2. The summed E-state index contributed by atoms with van der Waals surface area (Å²) in [6, 6.07) is 8.59. The third-order valence-electron chi connectivity index (χ3n) is 22.6. The molecule has 478 valence electrons. The van der Waals surface area contributed by atoms with Crippen LogP contribution >= 0.6 is 0 Å². The minimum atomic E-state index is -0.468. The van der Waals surface area contributed by atoms with Crippen molar-refractivity contribution in [2.75, 3.05) is 13.2 Å². The molecule has 8 aliphatic rings. The second-order valence-corrected chi connectivity index (χ2v) is 30.4. The van der Waals surface area contributed by atoms with Gasteiger partial charge in [-0.1, -0.05) is 172 Å². The molecule has 12 bridgehead atoms. The van der Waals surface area contributed by atoms with Crippen LogP contribution in [0, 0.1) is 45.3 Å². The molecule has 2 N–H and O–H groups in total. The molecule has 10 atom stereocenters. The second kappa shape index (κ2) is 26.7. The number of hydrogen-bond acceptors (Lipinski definition) is 10. The Morgan fingerprint density at radius 3 is 1.03 bits per heavy atom. The van der Waals surface area contributed by atoms with Crippen molar-refractivity contribution in [2.24, 2.45) is 45.3 Å². The molecule has 0 saturated heterocycles. The smallest absolute Gasteiger partial charge is 0.310 e. The van der Waals surface area contributed by atoms with Gasteiger partial charge in [-0.3, -0.25) is 19.2 Å². The zero-order valence-corrected chi connectivity index (χ0v) is 55.4. The predicted octanol–water partition coefficient (Wildman–Crippen LogP) is 18.7. The highest BCUT2D eigenvalue weighted by atomic mass is 16.6. The van der Waals surface area contributed by atoms with E-state index in [0.717, 1.165) is 221 Å². The Labute approximate surface area is 525 Å². The Hall–Kier alpha value is -5.52. The molecule has 88 heavy (non-hydrogen) atoms. The molecule has 4 fully saturated rings. The van der Waals surface area contributed by atoms with Crippen LogP contribution in [0.5, 0.6) is 0 Å². The van der Waals surface area contributed by atoms with Gasteiger partial charge in [0.2, 0.25) is 0 Å². The Bertz CT molecular complexity index is 3280. The van der Waals surface area contributed by atoms with E-state index >= 15 is 9.59 Å². The molecule has 0 radical (unpaired) electrons. The summed E-state index contributed by atoms with van der Waals surface area (Å²) in [5.74, 6) is -3.20. The first-order valence-corrected chi connectivity index (χ1v) is 35.2. The van der Waals surface area contributed by atoms with Gasteiger partial charge in [0.05, 0.1) is 59.7 Å². The number of hydrogen-bond donors (Lipinski definition) is 2. The number of ether oxygens (including phenoxy) is 4. The molecule has 11 rings (SSSR count). The van der Waals surface area contributed by atoms with E-state index in [1.807, 2.05) is 0 Å². The lowest BCUT2D eigenvalue weighted by Gasteiger charge is -2.18. The lowest BCUT2D eigenvalue weighted by Crippen LogP contribution is -2.21. The highest BCUT2D eigenvalue weighted by molar-refractivity contribution is 5.91. The first kappa shape index (κ1) is 64.0. The van der Waals surface area contributed by atoms with Gasteiger partial charge in [0.1, 0.15) is 12.2 Å². The maximum Gasteiger partial charge on any atom is 0.310 e. The van der Waals surface area contributed by atoms with Crippen LogP contribution in [-0.2, 0) is 38.1 Å². The molecule has 0 amide bonds. The first-order chi connectivity index (χ1) is 42.3. The molecule has 4 saturated carbocycles. The SMILES string of the molecule is CCCCCC1CCCCCCCCCCOC(=O)[C@@H]2[C@H](c3c4nc(c5c6ccc([nH]6)c(c6ccc([nH]6)c(c6nc3C=C6)[C@H]3[C@@H](C(=O)O1)C3(C)C)[C@H]1[C@@H](C(=O)OC(CCCCC)CCCCCCCCCCOC(=O)[C@@H]3[C@H]5C3(C)C)C1(C)C)C=C4)C2(C)C. The fraction of sp³-hybridized carbons (Fsp3) is 0.684. The maximum atomic E-state index is 15.1. The lowest BCUT2D eigenvalue weighted by atomic mass is 10.00. The van der Waals surface area contributed by atoms with Gasteiger partial charge < -0.3 is 28.9 Å². The van der Waals surface area contributed by atoms with E-state index in [-0.39, 0.29) is 59.8 Å². The Morgan fingerprint density at radius 1 is 0.375 bits per heavy atom. The van der Waals surface area contributed by atoms with Gasteiger partial charge in [-0.05, 0) is 134 Å². The summed E-state index contributed by atoms with van der Waals surface area (Å²) in [4.78, 5) is 78.4. The molecular formula is C76H106N4O8. The molecule has 0 aromatic carbocycles. The summed E-state index contributed by atoms with van der Waals surface area (Å²) in [7, 11) is 0. The van der Waals surface area contributed by atoms with Crippen LogP contribution in [0.1, 0.15) is 305 Å². The number of nitrogens with one attached hydrogen (secondary N) is 2. The van der Waals surface area contributed by atoms with Crippen molar-refractivity contribution in [3.63, 3.8) is 0 Å². The molecule has 4 aliphatic heterocycles. The zero-order valence-electron chi connectivity index (χ0n) is 55.4. The van der Waals surface area contributed by atoms with Crippen LogP contribution in [0.4, 0.5) is 0 Å².